The van der Waals surface area contributed by atoms with Crippen molar-refractivity contribution in [2.45, 2.75) is 32.9 Å². The van der Waals surface area contributed by atoms with E-state index in [-0.39, 0.29) is 18.3 Å². The Labute approximate surface area is 185 Å². The number of amides is 1. The van der Waals surface area contributed by atoms with E-state index in [1.807, 2.05) is 13.8 Å². The number of hydrogen-bond acceptors (Lipinski definition) is 6. The Morgan fingerprint density at radius 1 is 1.06 bits per heavy atom. The van der Waals surface area contributed by atoms with Gasteiger partial charge in [0.25, 0.3) is 11.5 Å². The summed E-state index contributed by atoms with van der Waals surface area (Å²) in [6, 6.07) is 13.5. The first kappa shape index (κ1) is 22.8. The van der Waals surface area contributed by atoms with Gasteiger partial charge in [0.05, 0.1) is 26.5 Å². The van der Waals surface area contributed by atoms with Crippen molar-refractivity contribution in [2.24, 2.45) is 0 Å². The van der Waals surface area contributed by atoms with E-state index in [2.05, 4.69) is 10.4 Å². The quantitative estimate of drug-likeness (QED) is 0.577. The highest BCUT2D eigenvalue weighted by atomic mass is 16.5. The smallest absolute Gasteiger partial charge is 0.352 e. The van der Waals surface area contributed by atoms with Crippen molar-refractivity contribution in [2.75, 3.05) is 14.2 Å². The van der Waals surface area contributed by atoms with E-state index in [9.17, 15) is 14.4 Å². The van der Waals surface area contributed by atoms with Crippen molar-refractivity contribution in [3.63, 3.8) is 0 Å². The Morgan fingerprint density at radius 2 is 1.72 bits per heavy atom. The van der Waals surface area contributed by atoms with Gasteiger partial charge in [-0.25, -0.2) is 4.79 Å². The Hall–Kier alpha value is -3.88. The van der Waals surface area contributed by atoms with E-state index < -0.39 is 17.2 Å². The molecule has 0 bridgehead atoms. The first-order chi connectivity index (χ1) is 15.4. The lowest BCUT2D eigenvalue weighted by atomic mass is 10.2. The molecule has 2 aromatic carbocycles. The molecule has 32 heavy (non-hydrogen) atoms. The van der Waals surface area contributed by atoms with E-state index in [4.69, 9.17) is 9.47 Å². The fourth-order valence-corrected chi connectivity index (χ4v) is 3.05. The predicted molar refractivity (Wildman–Crippen MR) is 120 cm³/mol. The molecular formula is C23H26N4O5. The monoisotopic (exact) mass is 438 g/mol. The summed E-state index contributed by atoms with van der Waals surface area (Å²) in [5.74, 6) is 0.459. The van der Waals surface area contributed by atoms with Gasteiger partial charge in [0.1, 0.15) is 11.5 Å². The Balaban J connectivity index is 2.19. The molecule has 1 atom stereocenters. The van der Waals surface area contributed by atoms with Crippen LogP contribution in [0.25, 0.3) is 5.69 Å². The first-order valence-corrected chi connectivity index (χ1v) is 10.2. The molecule has 0 saturated carbocycles. The molecule has 1 heterocycles. The number of aromatic nitrogens is 3. The maximum absolute atomic E-state index is 13.3. The van der Waals surface area contributed by atoms with Crippen LogP contribution in [0.5, 0.6) is 11.5 Å². The normalized spacial score (nSPS) is 11.6. The molecule has 1 N–H and O–H groups in total. The van der Waals surface area contributed by atoms with Crippen LogP contribution in [0, 0.1) is 0 Å². The summed E-state index contributed by atoms with van der Waals surface area (Å²) < 4.78 is 12.5. The van der Waals surface area contributed by atoms with Gasteiger partial charge in [0, 0.05) is 12.1 Å². The SMILES string of the molecule is CC[C@@H](C)NC(=O)c1nn(-c2cccc(OC)c2)c(=O)n(Cc2cccc(OC)c2)c1=O. The van der Waals surface area contributed by atoms with Crippen molar-refractivity contribution in [3.8, 4) is 17.2 Å². The molecule has 0 aliphatic rings. The molecule has 9 nitrogen and oxygen atoms in total. The van der Waals surface area contributed by atoms with Gasteiger partial charge in [-0.1, -0.05) is 25.1 Å². The predicted octanol–water partition coefficient (Wildman–Crippen LogP) is 1.99. The van der Waals surface area contributed by atoms with E-state index in [0.29, 0.717) is 29.2 Å². The molecule has 0 spiro atoms. The van der Waals surface area contributed by atoms with Gasteiger partial charge >= 0.3 is 5.69 Å². The summed E-state index contributed by atoms with van der Waals surface area (Å²) in [6.07, 6.45) is 0.680. The fourth-order valence-electron chi connectivity index (χ4n) is 3.05. The highest BCUT2D eigenvalue weighted by Crippen LogP contribution is 2.15. The summed E-state index contributed by atoms with van der Waals surface area (Å²) >= 11 is 0. The number of rotatable bonds is 8. The fraction of sp³-hybridized carbons (Fsp3) is 0.304. The molecule has 3 rings (SSSR count). The molecule has 1 amide bonds. The van der Waals surface area contributed by atoms with Crippen LogP contribution >= 0.6 is 0 Å². The first-order valence-electron chi connectivity index (χ1n) is 10.2. The lowest BCUT2D eigenvalue weighted by Crippen LogP contribution is -2.47. The molecule has 0 radical (unpaired) electrons. The van der Waals surface area contributed by atoms with Crippen molar-refractivity contribution in [1.29, 1.82) is 0 Å². The van der Waals surface area contributed by atoms with Gasteiger partial charge in [-0.15, -0.1) is 0 Å². The Morgan fingerprint density at radius 3 is 2.38 bits per heavy atom. The molecule has 0 fully saturated rings. The Kier molecular flexibility index (Phi) is 7.09. The molecular weight excluding hydrogens is 412 g/mol. The van der Waals surface area contributed by atoms with Crippen LogP contribution in [0.4, 0.5) is 0 Å². The van der Waals surface area contributed by atoms with Gasteiger partial charge in [-0.3, -0.25) is 14.2 Å². The average Bonchev–Trinajstić information content (AvgIpc) is 2.81. The van der Waals surface area contributed by atoms with Gasteiger partial charge in [-0.05, 0) is 43.2 Å². The summed E-state index contributed by atoms with van der Waals surface area (Å²) in [5, 5.41) is 6.86. The summed E-state index contributed by atoms with van der Waals surface area (Å²) in [6.45, 7) is 3.69. The zero-order valence-electron chi connectivity index (χ0n) is 18.5. The van der Waals surface area contributed by atoms with Gasteiger partial charge in [0.15, 0.2) is 0 Å². The number of hydrogen-bond donors (Lipinski definition) is 1. The molecule has 9 heteroatoms. The minimum atomic E-state index is -0.766. The number of nitrogens with zero attached hydrogens (tertiary/aromatic N) is 3. The van der Waals surface area contributed by atoms with E-state index in [0.717, 1.165) is 9.25 Å². The van der Waals surface area contributed by atoms with E-state index >= 15 is 0 Å². The standard InChI is InChI=1S/C23H26N4O5/c1-5-15(2)24-21(28)20-22(29)26(14-16-8-6-10-18(12-16)31-3)23(30)27(25-20)17-9-7-11-19(13-17)32-4/h6-13,15H,5,14H2,1-4H3,(H,24,28)/t15-/m1/s1. The van der Waals surface area contributed by atoms with Gasteiger partial charge in [0.2, 0.25) is 5.69 Å². The van der Waals surface area contributed by atoms with Gasteiger partial charge < -0.3 is 14.8 Å². The molecule has 3 aromatic rings. The summed E-state index contributed by atoms with van der Waals surface area (Å²) in [7, 11) is 3.04. The number of carbonyl (C=O) groups excluding carboxylic acids is 1. The van der Waals surface area contributed by atoms with Crippen LogP contribution in [-0.2, 0) is 6.54 Å². The molecule has 168 valence electrons. The zero-order chi connectivity index (χ0) is 23.3. The number of nitrogens with one attached hydrogen (secondary N) is 1. The lowest BCUT2D eigenvalue weighted by molar-refractivity contribution is 0.0929. The maximum Gasteiger partial charge on any atom is 0.352 e. The van der Waals surface area contributed by atoms with Crippen LogP contribution < -0.4 is 26.0 Å². The van der Waals surface area contributed by atoms with Crippen molar-refractivity contribution >= 4 is 5.91 Å². The van der Waals surface area contributed by atoms with Crippen LogP contribution in [0.15, 0.2) is 58.1 Å². The molecule has 0 saturated heterocycles. The van der Waals surface area contributed by atoms with Gasteiger partial charge in [-0.2, -0.15) is 9.78 Å². The topological polar surface area (TPSA) is 104 Å². The lowest BCUT2D eigenvalue weighted by Gasteiger charge is -2.15. The van der Waals surface area contributed by atoms with E-state index in [1.54, 1.807) is 48.5 Å². The zero-order valence-corrected chi connectivity index (χ0v) is 18.5. The minimum Gasteiger partial charge on any atom is -0.497 e. The highest BCUT2D eigenvalue weighted by molar-refractivity contribution is 5.91. The van der Waals surface area contributed by atoms with Crippen LogP contribution in [0.1, 0.15) is 36.3 Å². The molecule has 0 unspecified atom stereocenters. The van der Waals surface area contributed by atoms with Crippen LogP contribution in [0.3, 0.4) is 0 Å². The molecule has 0 aliphatic heterocycles. The maximum atomic E-state index is 13.3. The third-order valence-corrected chi connectivity index (χ3v) is 5.04. The number of benzene rings is 2. The highest BCUT2D eigenvalue weighted by Gasteiger charge is 2.21. The van der Waals surface area contributed by atoms with Crippen molar-refractivity contribution < 1.29 is 14.3 Å². The second kappa shape index (κ2) is 9.95. The summed E-state index contributed by atoms with van der Waals surface area (Å²) in [5.41, 5.74) is -0.772. The third kappa shape index (κ3) is 4.88. The van der Waals surface area contributed by atoms with Crippen molar-refractivity contribution in [1.82, 2.24) is 19.7 Å². The number of methoxy groups -OCH3 is 2. The third-order valence-electron chi connectivity index (χ3n) is 5.04. The minimum absolute atomic E-state index is 0.0506. The average molecular weight is 438 g/mol. The molecule has 0 aliphatic carbocycles. The number of carbonyl (C=O) groups is 1. The van der Waals surface area contributed by atoms with Crippen LogP contribution in [0.2, 0.25) is 0 Å². The van der Waals surface area contributed by atoms with Crippen molar-refractivity contribution in [3.05, 3.63) is 80.6 Å². The van der Waals surface area contributed by atoms with Crippen LogP contribution in [-0.4, -0.2) is 40.5 Å². The second-order valence-electron chi connectivity index (χ2n) is 7.27. The largest absolute Gasteiger partial charge is 0.497 e. The molecule has 1 aromatic heterocycles. The van der Waals surface area contributed by atoms with E-state index in [1.165, 1.54) is 14.2 Å². The Bertz CT molecular complexity index is 1230. The second-order valence-corrected chi connectivity index (χ2v) is 7.27. The summed E-state index contributed by atoms with van der Waals surface area (Å²) in [4.78, 5) is 39.2. The number of ether oxygens (including phenoxy) is 2.